The second kappa shape index (κ2) is 15.2. The third-order valence-corrected chi connectivity index (χ3v) is 7.78. The monoisotopic (exact) mass is 591 g/mol. The van der Waals surface area contributed by atoms with Gasteiger partial charge in [-0.05, 0) is 73.6 Å². The van der Waals surface area contributed by atoms with Gasteiger partial charge >= 0.3 is 5.97 Å². The van der Waals surface area contributed by atoms with Gasteiger partial charge in [0.25, 0.3) is 0 Å². The molecule has 42 heavy (non-hydrogen) atoms. The molecule has 3 rings (SSSR count). The summed E-state index contributed by atoms with van der Waals surface area (Å²) in [5, 5.41) is 9.92. The summed E-state index contributed by atoms with van der Waals surface area (Å²) in [5.74, 6) is -5.36. The molecule has 0 bridgehead atoms. The summed E-state index contributed by atoms with van der Waals surface area (Å²) in [6.45, 7) is 11.4. The average Bonchev–Trinajstić information content (AvgIpc) is 3.44. The van der Waals surface area contributed by atoms with E-state index in [4.69, 9.17) is 18.9 Å². The number of aliphatic hydroxyl groups is 1. The number of hydrogen-bond acceptors (Lipinski definition) is 8. The van der Waals surface area contributed by atoms with Crippen molar-refractivity contribution in [2.75, 3.05) is 13.2 Å². The highest BCUT2D eigenvalue weighted by atomic mass is 19.1. The predicted octanol–water partition coefficient (Wildman–Crippen LogP) is 5.19. The lowest BCUT2D eigenvalue weighted by Gasteiger charge is -2.34. The number of halogens is 1. The van der Waals surface area contributed by atoms with E-state index >= 15 is 0 Å². The Morgan fingerprint density at radius 1 is 1.05 bits per heavy atom. The molecule has 0 aromatic heterocycles. The molecule has 0 spiro atoms. The van der Waals surface area contributed by atoms with Gasteiger partial charge in [0.05, 0.1) is 19.6 Å². The highest BCUT2D eigenvalue weighted by molar-refractivity contribution is 6.11. The average molecular weight is 592 g/mol. The standard InChI is InChI=1S/C32H46FNO8/c1-7-39-26(36)16-17-32(6)41-28-25(19-35)40-31(29(28)42-32)34-18-24(33)27(37)23(30(34)38)15-14-22(5)13-9-12-21(4)11-8-10-20(2)3/h10,12,14,18,23,25,28-29,31,35H,7-9,11,13,15-17,19H2,1-6H3/b21-12+,22-14+/t23?,25-,28?,29?,31-,32?/m1/s1. The molecule has 0 aromatic rings. The smallest absolute Gasteiger partial charge is 0.305 e. The van der Waals surface area contributed by atoms with E-state index in [9.17, 15) is 23.9 Å². The Balaban J connectivity index is 1.66. The minimum atomic E-state index is -1.24. The van der Waals surface area contributed by atoms with Crippen LogP contribution in [0.4, 0.5) is 4.39 Å². The number of nitrogens with zero attached hydrogens (tertiary/aromatic N) is 1. The second-order valence-corrected chi connectivity index (χ2v) is 11.7. The molecule has 3 heterocycles. The molecular weight excluding hydrogens is 545 g/mol. The van der Waals surface area contributed by atoms with Crippen molar-refractivity contribution < 1.29 is 42.8 Å². The zero-order valence-electron chi connectivity index (χ0n) is 25.7. The number of allylic oxidation sites excluding steroid dienone is 7. The van der Waals surface area contributed by atoms with Crippen molar-refractivity contribution in [3.63, 3.8) is 0 Å². The van der Waals surface area contributed by atoms with Crippen LogP contribution in [0.1, 0.15) is 86.5 Å². The van der Waals surface area contributed by atoms with Crippen molar-refractivity contribution in [2.24, 2.45) is 5.92 Å². The SMILES string of the molecule is CCOC(=O)CCC1(C)OC2C(O1)[C@@H](CO)O[C@H]2N1C=C(F)C(=O)C(C/C=C(\C)CC/C=C(\C)CCC=C(C)C)C1=O. The number of aliphatic hydroxyl groups excluding tert-OH is 1. The second-order valence-electron chi connectivity index (χ2n) is 11.7. The van der Waals surface area contributed by atoms with Crippen LogP contribution >= 0.6 is 0 Å². The summed E-state index contributed by atoms with van der Waals surface area (Å²) >= 11 is 0. The van der Waals surface area contributed by atoms with Gasteiger partial charge in [-0.15, -0.1) is 0 Å². The Morgan fingerprint density at radius 3 is 2.33 bits per heavy atom. The molecule has 3 aliphatic rings. The number of ketones is 1. The van der Waals surface area contributed by atoms with Gasteiger partial charge in [0.2, 0.25) is 11.7 Å². The number of esters is 1. The summed E-state index contributed by atoms with van der Waals surface area (Å²) in [6, 6.07) is 0. The zero-order chi connectivity index (χ0) is 31.0. The van der Waals surface area contributed by atoms with E-state index in [2.05, 4.69) is 32.9 Å². The lowest BCUT2D eigenvalue weighted by Crippen LogP contribution is -2.50. The molecule has 0 radical (unpaired) electrons. The van der Waals surface area contributed by atoms with Crippen molar-refractivity contribution in [3.05, 3.63) is 47.0 Å². The van der Waals surface area contributed by atoms with E-state index in [0.717, 1.165) is 42.4 Å². The summed E-state index contributed by atoms with van der Waals surface area (Å²) in [7, 11) is 0. The normalized spacial score (nSPS) is 30.0. The number of carbonyl (C=O) groups excluding carboxylic acids is 3. The number of Topliss-reactive ketones (excluding diaryl/α,β-unsaturated/α-hetero) is 1. The molecule has 9 nitrogen and oxygen atoms in total. The maximum absolute atomic E-state index is 14.9. The van der Waals surface area contributed by atoms with Crippen LogP contribution in [0.25, 0.3) is 0 Å². The molecule has 0 saturated carbocycles. The number of carbonyl (C=O) groups is 3. The molecule has 0 aromatic carbocycles. The topological polar surface area (TPSA) is 112 Å². The van der Waals surface area contributed by atoms with Crippen LogP contribution in [0.3, 0.4) is 0 Å². The molecule has 1 amide bonds. The molecule has 0 aliphatic carbocycles. The first-order valence-corrected chi connectivity index (χ1v) is 14.8. The van der Waals surface area contributed by atoms with Gasteiger partial charge < -0.3 is 24.1 Å². The molecular formula is C32H46FNO8. The van der Waals surface area contributed by atoms with Crippen LogP contribution in [-0.4, -0.2) is 71.2 Å². The van der Waals surface area contributed by atoms with Crippen molar-refractivity contribution >= 4 is 17.7 Å². The first kappa shape index (κ1) is 33.8. The van der Waals surface area contributed by atoms with Gasteiger partial charge in [0.15, 0.2) is 17.8 Å². The van der Waals surface area contributed by atoms with Gasteiger partial charge in [-0.2, -0.15) is 0 Å². The van der Waals surface area contributed by atoms with Crippen LogP contribution in [-0.2, 0) is 33.3 Å². The Bertz CT molecular complexity index is 1120. The van der Waals surface area contributed by atoms with Gasteiger partial charge in [-0.1, -0.05) is 34.9 Å². The minimum absolute atomic E-state index is 0.0454. The van der Waals surface area contributed by atoms with E-state index in [1.165, 1.54) is 11.1 Å². The zero-order valence-corrected chi connectivity index (χ0v) is 25.7. The van der Waals surface area contributed by atoms with Crippen LogP contribution < -0.4 is 0 Å². The fraction of sp³-hybridized carbons (Fsp3) is 0.656. The van der Waals surface area contributed by atoms with E-state index in [0.29, 0.717) is 0 Å². The molecule has 1 N–H and O–H groups in total. The number of ether oxygens (including phenoxy) is 4. The number of fused-ring (bicyclic) bond motifs is 1. The number of rotatable bonds is 14. The molecule has 4 unspecified atom stereocenters. The summed E-state index contributed by atoms with van der Waals surface area (Å²) in [6.07, 6.45) is 7.41. The molecule has 2 saturated heterocycles. The fourth-order valence-electron chi connectivity index (χ4n) is 5.40. The molecule has 6 atom stereocenters. The molecule has 3 aliphatic heterocycles. The fourth-order valence-corrected chi connectivity index (χ4v) is 5.40. The largest absolute Gasteiger partial charge is 0.466 e. The van der Waals surface area contributed by atoms with E-state index in [1.807, 2.05) is 13.0 Å². The Hall–Kier alpha value is -2.66. The van der Waals surface area contributed by atoms with Crippen LogP contribution in [0.5, 0.6) is 0 Å². The van der Waals surface area contributed by atoms with Crippen LogP contribution in [0.2, 0.25) is 0 Å². The third-order valence-electron chi connectivity index (χ3n) is 7.78. The highest BCUT2D eigenvalue weighted by Gasteiger charge is 2.59. The van der Waals surface area contributed by atoms with Crippen molar-refractivity contribution in [1.29, 1.82) is 0 Å². The maximum atomic E-state index is 14.9. The van der Waals surface area contributed by atoms with Gasteiger partial charge in [0.1, 0.15) is 24.2 Å². The summed E-state index contributed by atoms with van der Waals surface area (Å²) in [4.78, 5) is 39.1. The highest BCUT2D eigenvalue weighted by Crippen LogP contribution is 2.43. The number of hydrogen-bond donors (Lipinski definition) is 1. The van der Waals surface area contributed by atoms with Crippen LogP contribution in [0.15, 0.2) is 47.0 Å². The van der Waals surface area contributed by atoms with E-state index < -0.39 is 66.3 Å². The first-order chi connectivity index (χ1) is 19.9. The minimum Gasteiger partial charge on any atom is -0.466 e. The van der Waals surface area contributed by atoms with Gasteiger partial charge in [-0.25, -0.2) is 4.39 Å². The van der Waals surface area contributed by atoms with Crippen molar-refractivity contribution in [3.8, 4) is 0 Å². The predicted molar refractivity (Wildman–Crippen MR) is 154 cm³/mol. The lowest BCUT2D eigenvalue weighted by molar-refractivity contribution is -0.219. The Morgan fingerprint density at radius 2 is 1.69 bits per heavy atom. The van der Waals surface area contributed by atoms with Gasteiger partial charge in [0, 0.05) is 12.6 Å². The third kappa shape index (κ3) is 8.69. The lowest BCUT2D eigenvalue weighted by atomic mass is 9.93. The molecule has 2 fully saturated rings. The molecule has 10 heteroatoms. The molecule has 234 valence electrons. The van der Waals surface area contributed by atoms with E-state index in [1.54, 1.807) is 13.8 Å². The summed E-state index contributed by atoms with van der Waals surface area (Å²) in [5.41, 5.74) is 3.62. The van der Waals surface area contributed by atoms with E-state index in [-0.39, 0.29) is 25.9 Å². The quantitative estimate of drug-likeness (QED) is 0.167. The Kier molecular flexibility index (Phi) is 12.2. The summed E-state index contributed by atoms with van der Waals surface area (Å²) < 4.78 is 37.9. The van der Waals surface area contributed by atoms with Crippen molar-refractivity contribution in [2.45, 2.75) is 117 Å². The van der Waals surface area contributed by atoms with Crippen LogP contribution in [0, 0.1) is 5.92 Å². The Labute approximate surface area is 248 Å². The number of amides is 1. The first-order valence-electron chi connectivity index (χ1n) is 14.8. The van der Waals surface area contributed by atoms with Crippen molar-refractivity contribution in [1.82, 2.24) is 4.90 Å². The van der Waals surface area contributed by atoms with Gasteiger partial charge in [-0.3, -0.25) is 19.3 Å². The maximum Gasteiger partial charge on any atom is 0.305 e.